The maximum atomic E-state index is 3.92. The summed E-state index contributed by atoms with van der Waals surface area (Å²) in [6.45, 7) is 13.5. The van der Waals surface area contributed by atoms with E-state index in [1.165, 1.54) is 51.5 Å². The Hall–Kier alpha value is -0.0400. The van der Waals surface area contributed by atoms with Crippen LogP contribution in [0, 0.1) is 16.2 Å². The molecule has 0 unspecified atom stereocenters. The van der Waals surface area contributed by atoms with Gasteiger partial charge in [-0.15, -0.1) is 0 Å². The number of nitrogens with one attached hydrogen (secondary N) is 1. The van der Waals surface area contributed by atoms with Crippen LogP contribution < -0.4 is 5.32 Å². The standard InChI is InChI=1S/C17H33N/c1-15(2)10-14(11-16(3,4)12-15)18-13-17(5)8-6-7-9-17/h14,18H,6-13H2,1-5H3. The highest BCUT2D eigenvalue weighted by atomic mass is 14.9. The first kappa shape index (κ1) is 14.4. The Kier molecular flexibility index (Phi) is 3.84. The lowest BCUT2D eigenvalue weighted by molar-refractivity contribution is 0.0799. The minimum Gasteiger partial charge on any atom is -0.313 e. The fourth-order valence-corrected chi connectivity index (χ4v) is 4.79. The lowest BCUT2D eigenvalue weighted by Crippen LogP contribution is -2.46. The molecule has 1 heteroatoms. The first-order chi connectivity index (χ1) is 8.20. The van der Waals surface area contributed by atoms with Crippen LogP contribution in [0.4, 0.5) is 0 Å². The van der Waals surface area contributed by atoms with Crippen LogP contribution >= 0.6 is 0 Å². The number of rotatable bonds is 3. The van der Waals surface area contributed by atoms with E-state index in [1.807, 2.05) is 0 Å². The average molecular weight is 251 g/mol. The average Bonchev–Trinajstić information content (AvgIpc) is 2.58. The molecule has 0 aromatic rings. The second-order valence-corrected chi connectivity index (χ2v) is 9.01. The monoisotopic (exact) mass is 251 g/mol. The smallest absolute Gasteiger partial charge is 0.00774 e. The van der Waals surface area contributed by atoms with Crippen LogP contribution in [0.3, 0.4) is 0 Å². The molecule has 0 amide bonds. The predicted octanol–water partition coefficient (Wildman–Crippen LogP) is 4.76. The molecule has 18 heavy (non-hydrogen) atoms. The van der Waals surface area contributed by atoms with Crippen molar-refractivity contribution in [3.8, 4) is 0 Å². The zero-order valence-corrected chi connectivity index (χ0v) is 13.2. The van der Waals surface area contributed by atoms with Crippen LogP contribution in [0.1, 0.15) is 79.6 Å². The van der Waals surface area contributed by atoms with Gasteiger partial charge >= 0.3 is 0 Å². The van der Waals surface area contributed by atoms with Crippen molar-refractivity contribution in [1.82, 2.24) is 5.32 Å². The molecule has 0 radical (unpaired) electrons. The summed E-state index contributed by atoms with van der Waals surface area (Å²) in [6.07, 6.45) is 9.83. The van der Waals surface area contributed by atoms with Crippen molar-refractivity contribution in [2.75, 3.05) is 6.54 Å². The molecule has 2 aliphatic rings. The van der Waals surface area contributed by atoms with Crippen LogP contribution in [-0.4, -0.2) is 12.6 Å². The van der Waals surface area contributed by atoms with Crippen LogP contribution in [-0.2, 0) is 0 Å². The van der Waals surface area contributed by atoms with E-state index in [-0.39, 0.29) is 0 Å². The maximum Gasteiger partial charge on any atom is 0.00774 e. The Morgan fingerprint density at radius 3 is 1.89 bits per heavy atom. The Bertz CT molecular complexity index is 268. The third kappa shape index (κ3) is 3.73. The molecule has 2 fully saturated rings. The van der Waals surface area contributed by atoms with Gasteiger partial charge in [0.1, 0.15) is 0 Å². The quantitative estimate of drug-likeness (QED) is 0.762. The first-order valence-corrected chi connectivity index (χ1v) is 7.93. The van der Waals surface area contributed by atoms with Crippen molar-refractivity contribution < 1.29 is 0 Å². The molecule has 0 bridgehead atoms. The van der Waals surface area contributed by atoms with Crippen LogP contribution in [0.5, 0.6) is 0 Å². The molecule has 106 valence electrons. The van der Waals surface area contributed by atoms with Gasteiger partial charge in [0, 0.05) is 12.6 Å². The Morgan fingerprint density at radius 1 is 0.889 bits per heavy atom. The minimum absolute atomic E-state index is 0.510. The molecule has 0 aromatic carbocycles. The van der Waals surface area contributed by atoms with Crippen molar-refractivity contribution in [1.29, 1.82) is 0 Å². The summed E-state index contributed by atoms with van der Waals surface area (Å²) in [5, 5.41) is 3.92. The molecule has 0 heterocycles. The Balaban J connectivity index is 1.89. The fraction of sp³-hybridized carbons (Fsp3) is 1.00. The van der Waals surface area contributed by atoms with Gasteiger partial charge in [0.05, 0.1) is 0 Å². The SMILES string of the molecule is CC1(C)CC(NCC2(C)CCCC2)CC(C)(C)C1. The zero-order valence-electron chi connectivity index (χ0n) is 13.2. The van der Waals surface area contributed by atoms with Gasteiger partial charge in [-0.05, 0) is 48.3 Å². The van der Waals surface area contributed by atoms with Gasteiger partial charge in [-0.3, -0.25) is 0 Å². The van der Waals surface area contributed by atoms with Crippen molar-refractivity contribution in [2.24, 2.45) is 16.2 Å². The lowest BCUT2D eigenvalue weighted by atomic mass is 9.63. The largest absolute Gasteiger partial charge is 0.313 e. The van der Waals surface area contributed by atoms with Gasteiger partial charge in [0.25, 0.3) is 0 Å². The molecule has 0 saturated heterocycles. The molecule has 2 aliphatic carbocycles. The van der Waals surface area contributed by atoms with E-state index < -0.39 is 0 Å². The van der Waals surface area contributed by atoms with Crippen molar-refractivity contribution in [2.45, 2.75) is 85.6 Å². The van der Waals surface area contributed by atoms with E-state index >= 15 is 0 Å². The lowest BCUT2D eigenvalue weighted by Gasteiger charge is -2.46. The van der Waals surface area contributed by atoms with Crippen LogP contribution in [0.15, 0.2) is 0 Å². The molecule has 0 aliphatic heterocycles. The van der Waals surface area contributed by atoms with E-state index in [9.17, 15) is 0 Å². The highest BCUT2D eigenvalue weighted by molar-refractivity contribution is 4.93. The highest BCUT2D eigenvalue weighted by Crippen LogP contribution is 2.46. The minimum atomic E-state index is 0.510. The van der Waals surface area contributed by atoms with Crippen molar-refractivity contribution in [3.05, 3.63) is 0 Å². The summed E-state index contributed by atoms with van der Waals surface area (Å²) in [5.74, 6) is 0. The molecular weight excluding hydrogens is 218 g/mol. The third-order valence-corrected chi connectivity index (χ3v) is 5.18. The topological polar surface area (TPSA) is 12.0 Å². The van der Waals surface area contributed by atoms with E-state index in [0.29, 0.717) is 16.2 Å². The van der Waals surface area contributed by atoms with Crippen LogP contribution in [0.2, 0.25) is 0 Å². The summed E-state index contributed by atoms with van der Waals surface area (Å²) in [7, 11) is 0. The third-order valence-electron chi connectivity index (χ3n) is 5.18. The predicted molar refractivity (Wildman–Crippen MR) is 79.8 cm³/mol. The molecule has 2 saturated carbocycles. The van der Waals surface area contributed by atoms with Crippen molar-refractivity contribution in [3.63, 3.8) is 0 Å². The number of hydrogen-bond acceptors (Lipinski definition) is 1. The van der Waals surface area contributed by atoms with E-state index in [2.05, 4.69) is 39.9 Å². The molecular formula is C17H33N. The number of hydrogen-bond donors (Lipinski definition) is 1. The summed E-state index contributed by atoms with van der Waals surface area (Å²) in [5.41, 5.74) is 1.61. The van der Waals surface area contributed by atoms with E-state index in [4.69, 9.17) is 0 Å². The van der Waals surface area contributed by atoms with Crippen LogP contribution in [0.25, 0.3) is 0 Å². The summed E-state index contributed by atoms with van der Waals surface area (Å²) in [6, 6.07) is 0.737. The molecule has 0 aromatic heterocycles. The fourth-order valence-electron chi connectivity index (χ4n) is 4.79. The highest BCUT2D eigenvalue weighted by Gasteiger charge is 2.39. The second kappa shape index (κ2) is 4.81. The molecule has 0 atom stereocenters. The van der Waals surface area contributed by atoms with Gasteiger partial charge in [0.15, 0.2) is 0 Å². The van der Waals surface area contributed by atoms with Gasteiger partial charge in [0.2, 0.25) is 0 Å². The molecule has 0 spiro atoms. The van der Waals surface area contributed by atoms with Gasteiger partial charge < -0.3 is 5.32 Å². The van der Waals surface area contributed by atoms with E-state index in [1.54, 1.807) is 0 Å². The van der Waals surface area contributed by atoms with Gasteiger partial charge in [-0.2, -0.15) is 0 Å². The zero-order chi connectivity index (χ0) is 13.4. The van der Waals surface area contributed by atoms with Crippen molar-refractivity contribution >= 4 is 0 Å². The molecule has 1 N–H and O–H groups in total. The Labute approximate surface area is 114 Å². The molecule has 1 nitrogen and oxygen atoms in total. The van der Waals surface area contributed by atoms with E-state index in [0.717, 1.165) is 6.04 Å². The first-order valence-electron chi connectivity index (χ1n) is 7.93. The normalized spacial score (nSPS) is 30.5. The van der Waals surface area contributed by atoms with Gasteiger partial charge in [-0.1, -0.05) is 47.5 Å². The second-order valence-electron chi connectivity index (χ2n) is 9.01. The van der Waals surface area contributed by atoms with Gasteiger partial charge in [-0.25, -0.2) is 0 Å². The molecule has 2 rings (SSSR count). The summed E-state index contributed by atoms with van der Waals surface area (Å²) >= 11 is 0. The summed E-state index contributed by atoms with van der Waals surface area (Å²) < 4.78 is 0. The summed E-state index contributed by atoms with van der Waals surface area (Å²) in [4.78, 5) is 0. The maximum absolute atomic E-state index is 3.92. The Morgan fingerprint density at radius 2 is 1.39 bits per heavy atom.